The summed E-state index contributed by atoms with van der Waals surface area (Å²) in [5, 5.41) is 3.55. The first-order chi connectivity index (χ1) is 9.10. The first-order valence-electron chi connectivity index (χ1n) is 7.19. The minimum atomic E-state index is -0.168. The van der Waals surface area contributed by atoms with Gasteiger partial charge in [0.25, 0.3) is 0 Å². The molecule has 0 aromatic heterocycles. The van der Waals surface area contributed by atoms with E-state index in [0.717, 1.165) is 31.6 Å². The van der Waals surface area contributed by atoms with Gasteiger partial charge in [0, 0.05) is 24.6 Å². The predicted octanol–water partition coefficient (Wildman–Crippen LogP) is 3.51. The largest absolute Gasteiger partial charge is 0.378 e. The van der Waals surface area contributed by atoms with Crippen molar-refractivity contribution in [1.82, 2.24) is 5.32 Å². The van der Waals surface area contributed by atoms with E-state index in [0.29, 0.717) is 12.1 Å². The van der Waals surface area contributed by atoms with Crippen LogP contribution in [0.5, 0.6) is 0 Å². The highest BCUT2D eigenvalue weighted by molar-refractivity contribution is 5.17. The van der Waals surface area contributed by atoms with Crippen LogP contribution in [0.2, 0.25) is 0 Å². The maximum Gasteiger partial charge on any atom is 0.123 e. The fraction of sp³-hybridized carbons (Fsp3) is 0.625. The van der Waals surface area contributed by atoms with Gasteiger partial charge in [-0.1, -0.05) is 26.0 Å². The molecule has 1 aliphatic carbocycles. The van der Waals surface area contributed by atoms with Crippen LogP contribution in [-0.2, 0) is 11.3 Å². The third-order valence-corrected chi connectivity index (χ3v) is 4.55. The zero-order valence-electron chi connectivity index (χ0n) is 12.1. The molecule has 1 aromatic rings. The monoisotopic (exact) mass is 265 g/mol. The topological polar surface area (TPSA) is 21.3 Å². The lowest BCUT2D eigenvalue weighted by atomic mass is 9.61. The van der Waals surface area contributed by atoms with Crippen LogP contribution < -0.4 is 5.32 Å². The van der Waals surface area contributed by atoms with E-state index in [2.05, 4.69) is 19.2 Å². The Kier molecular flexibility index (Phi) is 4.58. The fourth-order valence-electron chi connectivity index (χ4n) is 2.95. The summed E-state index contributed by atoms with van der Waals surface area (Å²) < 4.78 is 18.9. The van der Waals surface area contributed by atoms with Crippen LogP contribution >= 0.6 is 0 Å². The summed E-state index contributed by atoms with van der Waals surface area (Å²) in [7, 11) is 0. The van der Waals surface area contributed by atoms with Crippen LogP contribution in [0.3, 0.4) is 0 Å². The van der Waals surface area contributed by atoms with Gasteiger partial charge in [0.05, 0.1) is 6.10 Å². The Hall–Kier alpha value is -0.930. The van der Waals surface area contributed by atoms with Gasteiger partial charge in [-0.15, -0.1) is 0 Å². The smallest absolute Gasteiger partial charge is 0.123 e. The quantitative estimate of drug-likeness (QED) is 0.850. The van der Waals surface area contributed by atoms with Crippen molar-refractivity contribution in [2.24, 2.45) is 5.41 Å². The van der Waals surface area contributed by atoms with Gasteiger partial charge in [0.2, 0.25) is 0 Å². The Morgan fingerprint density at radius 1 is 1.42 bits per heavy atom. The molecule has 3 heteroatoms. The van der Waals surface area contributed by atoms with E-state index < -0.39 is 0 Å². The van der Waals surface area contributed by atoms with Crippen molar-refractivity contribution in [3.8, 4) is 0 Å². The Morgan fingerprint density at radius 3 is 2.84 bits per heavy atom. The van der Waals surface area contributed by atoms with E-state index in [-0.39, 0.29) is 11.2 Å². The van der Waals surface area contributed by atoms with Gasteiger partial charge in [-0.25, -0.2) is 4.39 Å². The number of ether oxygens (including phenoxy) is 1. The Labute approximate surface area is 115 Å². The van der Waals surface area contributed by atoms with Crippen molar-refractivity contribution in [2.75, 3.05) is 6.61 Å². The zero-order valence-corrected chi connectivity index (χ0v) is 12.1. The second kappa shape index (κ2) is 6.02. The molecule has 1 aliphatic rings. The summed E-state index contributed by atoms with van der Waals surface area (Å²) in [6, 6.07) is 7.24. The number of benzene rings is 1. The van der Waals surface area contributed by atoms with Crippen molar-refractivity contribution >= 4 is 0 Å². The Morgan fingerprint density at radius 2 is 2.21 bits per heavy atom. The molecule has 2 nitrogen and oxygen atoms in total. The third-order valence-electron chi connectivity index (χ3n) is 4.55. The van der Waals surface area contributed by atoms with Crippen LogP contribution in [0, 0.1) is 11.2 Å². The van der Waals surface area contributed by atoms with Crippen LogP contribution in [-0.4, -0.2) is 18.8 Å². The summed E-state index contributed by atoms with van der Waals surface area (Å²) in [5.74, 6) is -0.168. The van der Waals surface area contributed by atoms with Gasteiger partial charge < -0.3 is 10.1 Å². The lowest BCUT2D eigenvalue weighted by Crippen LogP contribution is -2.61. The molecule has 1 aromatic carbocycles. The fourth-order valence-corrected chi connectivity index (χ4v) is 2.95. The molecule has 1 saturated carbocycles. The van der Waals surface area contributed by atoms with E-state index >= 15 is 0 Å². The van der Waals surface area contributed by atoms with Gasteiger partial charge in [-0.3, -0.25) is 0 Å². The van der Waals surface area contributed by atoms with Crippen LogP contribution in [0.1, 0.15) is 39.2 Å². The first-order valence-corrected chi connectivity index (χ1v) is 7.19. The van der Waals surface area contributed by atoms with Crippen molar-refractivity contribution in [3.63, 3.8) is 0 Å². The van der Waals surface area contributed by atoms with Crippen molar-refractivity contribution < 1.29 is 9.13 Å². The second-order valence-electron chi connectivity index (χ2n) is 5.60. The number of hydrogen-bond donors (Lipinski definition) is 1. The molecule has 0 bridgehead atoms. The summed E-state index contributed by atoms with van der Waals surface area (Å²) in [6.07, 6.45) is 2.50. The molecule has 106 valence electrons. The van der Waals surface area contributed by atoms with Crippen LogP contribution in [0.25, 0.3) is 0 Å². The molecule has 3 atom stereocenters. The van der Waals surface area contributed by atoms with Gasteiger partial charge in [0.15, 0.2) is 0 Å². The summed E-state index contributed by atoms with van der Waals surface area (Å²) in [6.45, 7) is 8.03. The molecule has 0 radical (unpaired) electrons. The Balaban J connectivity index is 1.90. The van der Waals surface area contributed by atoms with Crippen LogP contribution in [0.4, 0.5) is 4.39 Å². The van der Waals surface area contributed by atoms with E-state index in [9.17, 15) is 4.39 Å². The summed E-state index contributed by atoms with van der Waals surface area (Å²) in [5.41, 5.74) is 1.20. The van der Waals surface area contributed by atoms with E-state index in [1.807, 2.05) is 13.0 Å². The Bertz CT molecular complexity index is 423. The molecule has 3 unspecified atom stereocenters. The van der Waals surface area contributed by atoms with Gasteiger partial charge in [-0.2, -0.15) is 0 Å². The third kappa shape index (κ3) is 2.98. The predicted molar refractivity (Wildman–Crippen MR) is 75.5 cm³/mol. The van der Waals surface area contributed by atoms with Gasteiger partial charge in [0.1, 0.15) is 5.82 Å². The van der Waals surface area contributed by atoms with Crippen molar-refractivity contribution in [2.45, 2.75) is 52.3 Å². The lowest BCUT2D eigenvalue weighted by molar-refractivity contribution is -0.126. The molecular formula is C16H24FNO. The van der Waals surface area contributed by atoms with Gasteiger partial charge in [-0.05, 0) is 37.5 Å². The molecule has 0 saturated heterocycles. The number of halogens is 1. The van der Waals surface area contributed by atoms with Gasteiger partial charge >= 0.3 is 0 Å². The molecule has 2 rings (SSSR count). The van der Waals surface area contributed by atoms with E-state index in [4.69, 9.17) is 4.74 Å². The standard InChI is InChI=1S/C16H24FNO/c1-4-16(3)14(10-15(16)19-5-2)18-11-12-7-6-8-13(17)9-12/h6-9,14-15,18H,4-5,10-11H2,1-3H3. The summed E-state index contributed by atoms with van der Waals surface area (Å²) in [4.78, 5) is 0. The molecular weight excluding hydrogens is 241 g/mol. The summed E-state index contributed by atoms with van der Waals surface area (Å²) >= 11 is 0. The SMILES string of the molecule is CCOC1CC(NCc2cccc(F)c2)C1(C)CC. The molecule has 1 fully saturated rings. The molecule has 0 amide bonds. The first kappa shape index (κ1) is 14.5. The molecule has 0 aliphatic heterocycles. The average molecular weight is 265 g/mol. The lowest BCUT2D eigenvalue weighted by Gasteiger charge is -2.53. The zero-order chi connectivity index (χ0) is 13.9. The van der Waals surface area contributed by atoms with Crippen molar-refractivity contribution in [3.05, 3.63) is 35.6 Å². The minimum absolute atomic E-state index is 0.168. The maximum atomic E-state index is 13.1. The van der Waals surface area contributed by atoms with E-state index in [1.165, 1.54) is 6.07 Å². The second-order valence-corrected chi connectivity index (χ2v) is 5.60. The highest BCUT2D eigenvalue weighted by Gasteiger charge is 2.50. The number of nitrogens with one attached hydrogen (secondary N) is 1. The molecule has 1 N–H and O–H groups in total. The van der Waals surface area contributed by atoms with Crippen molar-refractivity contribution in [1.29, 1.82) is 0 Å². The highest BCUT2D eigenvalue weighted by Crippen LogP contribution is 2.45. The van der Waals surface area contributed by atoms with E-state index in [1.54, 1.807) is 12.1 Å². The normalized spacial score (nSPS) is 30.1. The average Bonchev–Trinajstić information content (AvgIpc) is 2.41. The number of rotatable bonds is 6. The highest BCUT2D eigenvalue weighted by atomic mass is 19.1. The molecule has 0 spiro atoms. The minimum Gasteiger partial charge on any atom is -0.378 e. The van der Waals surface area contributed by atoms with Crippen LogP contribution in [0.15, 0.2) is 24.3 Å². The molecule has 19 heavy (non-hydrogen) atoms. The molecule has 0 heterocycles. The number of hydrogen-bond acceptors (Lipinski definition) is 2. The maximum absolute atomic E-state index is 13.1.